The van der Waals surface area contributed by atoms with Crippen molar-refractivity contribution in [1.82, 2.24) is 19.9 Å². The predicted octanol–water partition coefficient (Wildman–Crippen LogP) is 4.17. The van der Waals surface area contributed by atoms with Crippen molar-refractivity contribution < 1.29 is 32.2 Å². The number of benzene rings is 2. The number of esters is 1. The van der Waals surface area contributed by atoms with Crippen LogP contribution in [0, 0.1) is 5.82 Å². The molecule has 0 unspecified atom stereocenters. The van der Waals surface area contributed by atoms with Crippen molar-refractivity contribution >= 4 is 33.1 Å². The summed E-state index contributed by atoms with van der Waals surface area (Å²) in [4.78, 5) is 31.1. The summed E-state index contributed by atoms with van der Waals surface area (Å²) in [6.45, 7) is -0.740. The molecular weight excluding hydrogens is 613 g/mol. The Morgan fingerprint density at radius 3 is 2.46 bits per heavy atom. The highest BCUT2D eigenvalue weighted by Gasteiger charge is 2.47. The number of sulfonamides is 1. The number of carbonyl (C=O) groups excluding carboxylic acids is 2. The van der Waals surface area contributed by atoms with Gasteiger partial charge in [-0.1, -0.05) is 18.2 Å². The molecule has 0 spiro atoms. The second-order valence-corrected chi connectivity index (χ2v) is 12.9. The molecule has 1 aliphatic rings. The summed E-state index contributed by atoms with van der Waals surface area (Å²) in [6, 6.07) is 19.2. The summed E-state index contributed by atoms with van der Waals surface area (Å²) in [6.07, 6.45) is 5.62. The quantitative estimate of drug-likeness (QED) is 0.216. The number of rotatable bonds is 10. The number of carbonyl (C=O) groups is 2. The smallest absolute Gasteiger partial charge is 0.342 e. The van der Waals surface area contributed by atoms with E-state index < -0.39 is 34.0 Å². The first kappa shape index (κ1) is 30.9. The topological polar surface area (TPSA) is 143 Å². The van der Waals surface area contributed by atoms with Crippen LogP contribution in [0.5, 0.6) is 0 Å². The van der Waals surface area contributed by atoms with Crippen LogP contribution in [0.25, 0.3) is 27.9 Å². The molecule has 5 aromatic rings. The predicted molar refractivity (Wildman–Crippen MR) is 169 cm³/mol. The highest BCUT2D eigenvalue weighted by Crippen LogP contribution is 2.45. The molecule has 0 atom stereocenters. The van der Waals surface area contributed by atoms with Crippen LogP contribution in [-0.2, 0) is 20.3 Å². The number of amides is 1. The number of hydrogen-bond donors (Lipinski definition) is 2. The zero-order valence-electron chi connectivity index (χ0n) is 25.0. The molecule has 0 radical (unpaired) electrons. The molecule has 2 aromatic carbocycles. The SMILES string of the molecule is COC(=O)c1c(-c2ccc(F)cc2)nn2cc(N(CCO)S(C)(=O)=O)c(-c3cccc(C(=O)NC4(c5ccccn5)CC4)c3)cc12. The van der Waals surface area contributed by atoms with Gasteiger partial charge in [-0.3, -0.25) is 14.1 Å². The molecule has 3 aromatic heterocycles. The Morgan fingerprint density at radius 1 is 1.07 bits per heavy atom. The molecule has 13 heteroatoms. The zero-order chi connectivity index (χ0) is 32.6. The fourth-order valence-corrected chi connectivity index (χ4v) is 6.43. The number of halogens is 1. The summed E-state index contributed by atoms with van der Waals surface area (Å²) < 4.78 is 47.2. The summed E-state index contributed by atoms with van der Waals surface area (Å²) in [5, 5.41) is 17.5. The number of methoxy groups -OCH3 is 1. The van der Waals surface area contributed by atoms with Gasteiger partial charge in [0.15, 0.2) is 0 Å². The summed E-state index contributed by atoms with van der Waals surface area (Å²) in [7, 11) is -2.70. The number of hydrogen-bond acceptors (Lipinski definition) is 8. The van der Waals surface area contributed by atoms with Gasteiger partial charge >= 0.3 is 5.97 Å². The summed E-state index contributed by atoms with van der Waals surface area (Å²) >= 11 is 0. The average Bonchev–Trinajstić information content (AvgIpc) is 3.74. The number of fused-ring (bicyclic) bond motifs is 1. The van der Waals surface area contributed by atoms with Crippen LogP contribution in [0.4, 0.5) is 10.1 Å². The molecule has 0 bridgehead atoms. The van der Waals surface area contributed by atoms with Gasteiger partial charge in [0.05, 0.1) is 55.2 Å². The van der Waals surface area contributed by atoms with Crippen molar-refractivity contribution in [3.63, 3.8) is 0 Å². The van der Waals surface area contributed by atoms with Gasteiger partial charge in [-0.25, -0.2) is 22.1 Å². The average molecular weight is 644 g/mol. The van der Waals surface area contributed by atoms with Gasteiger partial charge in [0.25, 0.3) is 5.91 Å². The lowest BCUT2D eigenvalue weighted by Gasteiger charge is -2.24. The lowest BCUT2D eigenvalue weighted by Crippen LogP contribution is -2.35. The van der Waals surface area contributed by atoms with E-state index in [-0.39, 0.29) is 34.9 Å². The fourth-order valence-electron chi connectivity index (χ4n) is 5.51. The first-order chi connectivity index (χ1) is 22.0. The van der Waals surface area contributed by atoms with Crippen molar-refractivity contribution in [3.8, 4) is 22.4 Å². The molecule has 1 saturated carbocycles. The second kappa shape index (κ2) is 12.0. The number of anilines is 1. The van der Waals surface area contributed by atoms with Crippen LogP contribution in [0.3, 0.4) is 0 Å². The van der Waals surface area contributed by atoms with Crippen LogP contribution in [-0.4, -0.2) is 66.5 Å². The van der Waals surface area contributed by atoms with Crippen molar-refractivity contribution in [1.29, 1.82) is 0 Å². The molecular formula is C33H30FN5O6S. The molecule has 236 valence electrons. The summed E-state index contributed by atoms with van der Waals surface area (Å²) in [5.74, 6) is -1.51. The highest BCUT2D eigenvalue weighted by molar-refractivity contribution is 7.92. The third kappa shape index (κ3) is 5.82. The van der Waals surface area contributed by atoms with Crippen LogP contribution < -0.4 is 9.62 Å². The number of ether oxygens (including phenoxy) is 1. The van der Waals surface area contributed by atoms with E-state index in [2.05, 4.69) is 15.4 Å². The Bertz CT molecular complexity index is 2060. The molecule has 1 amide bonds. The first-order valence-electron chi connectivity index (χ1n) is 14.4. The third-order valence-corrected chi connectivity index (χ3v) is 9.10. The summed E-state index contributed by atoms with van der Waals surface area (Å²) in [5.41, 5.74) is 2.50. The van der Waals surface area contributed by atoms with Crippen molar-refractivity contribution in [3.05, 3.63) is 108 Å². The maximum absolute atomic E-state index is 13.7. The van der Waals surface area contributed by atoms with E-state index in [0.29, 0.717) is 22.3 Å². The minimum atomic E-state index is -3.92. The van der Waals surface area contributed by atoms with Gasteiger partial charge < -0.3 is 15.2 Å². The molecule has 1 aliphatic carbocycles. The maximum atomic E-state index is 13.7. The molecule has 3 heterocycles. The number of nitrogens with zero attached hydrogens (tertiary/aromatic N) is 4. The molecule has 6 rings (SSSR count). The monoisotopic (exact) mass is 643 g/mol. The van der Waals surface area contributed by atoms with Crippen LogP contribution in [0.15, 0.2) is 85.2 Å². The molecule has 0 aliphatic heterocycles. The third-order valence-electron chi connectivity index (χ3n) is 7.92. The number of pyridine rings is 2. The van der Waals surface area contributed by atoms with Gasteiger partial charge in [0.1, 0.15) is 17.1 Å². The van der Waals surface area contributed by atoms with Crippen LogP contribution in [0.2, 0.25) is 0 Å². The second-order valence-electron chi connectivity index (χ2n) is 11.0. The van der Waals surface area contributed by atoms with Gasteiger partial charge in [0.2, 0.25) is 10.0 Å². The maximum Gasteiger partial charge on any atom is 0.342 e. The first-order valence-corrected chi connectivity index (χ1v) is 16.2. The highest BCUT2D eigenvalue weighted by atomic mass is 32.2. The van der Waals surface area contributed by atoms with Gasteiger partial charge in [-0.2, -0.15) is 5.10 Å². The minimum absolute atomic E-state index is 0.0786. The molecule has 2 N–H and O–H groups in total. The zero-order valence-corrected chi connectivity index (χ0v) is 25.8. The van der Waals surface area contributed by atoms with E-state index in [9.17, 15) is 27.5 Å². The van der Waals surface area contributed by atoms with E-state index >= 15 is 0 Å². The number of aliphatic hydroxyl groups excluding tert-OH is 1. The Labute approximate surface area is 264 Å². The number of aliphatic hydroxyl groups is 1. The van der Waals surface area contributed by atoms with Crippen LogP contribution >= 0.6 is 0 Å². The molecule has 46 heavy (non-hydrogen) atoms. The lowest BCUT2D eigenvalue weighted by atomic mass is 9.99. The van der Waals surface area contributed by atoms with E-state index in [1.807, 2.05) is 18.2 Å². The molecule has 11 nitrogen and oxygen atoms in total. The standard InChI is InChI=1S/C33H30FN5O6S/c1-45-32(42)29-26-19-25(22-6-5-7-23(18-22)31(41)36-33(13-14-33)28-8-3-4-15-35-28)27(39(16-17-40)46(2,43)44)20-38(26)37-30(29)21-9-11-24(34)12-10-21/h3-12,15,18-20,40H,13-14,16-17H2,1-2H3,(H,36,41). The Morgan fingerprint density at radius 2 is 1.83 bits per heavy atom. The van der Waals surface area contributed by atoms with Crippen molar-refractivity contribution in [2.75, 3.05) is 30.8 Å². The number of nitrogens with one attached hydrogen (secondary N) is 1. The van der Waals surface area contributed by atoms with Gasteiger partial charge in [-0.15, -0.1) is 0 Å². The Hall–Kier alpha value is -5.14. The lowest BCUT2D eigenvalue weighted by molar-refractivity contribution is 0.0603. The van der Waals surface area contributed by atoms with Crippen LogP contribution in [0.1, 0.15) is 39.3 Å². The largest absolute Gasteiger partial charge is 0.465 e. The van der Waals surface area contributed by atoms with E-state index in [1.54, 1.807) is 36.5 Å². The fraction of sp³-hybridized carbons (Fsp3) is 0.212. The van der Waals surface area contributed by atoms with Gasteiger partial charge in [-0.05, 0) is 73.0 Å². The van der Waals surface area contributed by atoms with Crippen molar-refractivity contribution in [2.45, 2.75) is 18.4 Å². The molecule has 1 fully saturated rings. The number of aromatic nitrogens is 3. The Balaban J connectivity index is 1.52. The Kier molecular flexibility index (Phi) is 8.04. The normalized spacial score (nSPS) is 13.7. The van der Waals surface area contributed by atoms with Crippen molar-refractivity contribution in [2.24, 2.45) is 0 Å². The van der Waals surface area contributed by atoms with E-state index in [1.165, 1.54) is 42.1 Å². The minimum Gasteiger partial charge on any atom is -0.465 e. The van der Waals surface area contributed by atoms with Gasteiger partial charge in [0, 0.05) is 22.9 Å². The van der Waals surface area contributed by atoms with E-state index in [4.69, 9.17) is 4.74 Å². The molecule has 0 saturated heterocycles. The van der Waals surface area contributed by atoms with E-state index in [0.717, 1.165) is 29.1 Å².